The number of hydrazine groups is 1. The fraction of sp³-hybridized carbons (Fsp3) is 0.471. The van der Waals surface area contributed by atoms with Crippen molar-refractivity contribution < 1.29 is 23.5 Å². The maximum atomic E-state index is 13.5. The maximum absolute atomic E-state index is 13.5. The Bertz CT molecular complexity index is 653. The summed E-state index contributed by atoms with van der Waals surface area (Å²) in [5.41, 5.74) is 4.43. The molecule has 0 bridgehead atoms. The van der Waals surface area contributed by atoms with E-state index in [1.807, 2.05) is 6.92 Å². The topological polar surface area (TPSA) is 96.5 Å². The van der Waals surface area contributed by atoms with Crippen molar-refractivity contribution in [2.24, 2.45) is 11.8 Å². The minimum absolute atomic E-state index is 0.0374. The summed E-state index contributed by atoms with van der Waals surface area (Å²) in [7, 11) is 0. The van der Waals surface area contributed by atoms with Gasteiger partial charge in [0.25, 0.3) is 5.91 Å². The van der Waals surface area contributed by atoms with Crippen LogP contribution in [-0.4, -0.2) is 30.4 Å². The molecule has 1 aromatic carbocycles. The van der Waals surface area contributed by atoms with Gasteiger partial charge in [-0.1, -0.05) is 19.1 Å². The van der Waals surface area contributed by atoms with Gasteiger partial charge in [-0.05, 0) is 31.4 Å². The Kier molecular flexibility index (Phi) is 6.32. The van der Waals surface area contributed by atoms with Gasteiger partial charge in [0.2, 0.25) is 11.8 Å². The zero-order valence-corrected chi connectivity index (χ0v) is 14.2. The molecule has 0 radical (unpaired) electrons. The van der Waals surface area contributed by atoms with Crippen molar-refractivity contribution in [3.63, 3.8) is 0 Å². The number of rotatable bonds is 7. The summed E-state index contributed by atoms with van der Waals surface area (Å²) in [5, 5.41) is 2.68. The number of amides is 3. The summed E-state index contributed by atoms with van der Waals surface area (Å²) in [6.45, 7) is 3.63. The molecule has 3 N–H and O–H groups in total. The highest BCUT2D eigenvalue weighted by atomic mass is 19.1. The van der Waals surface area contributed by atoms with Crippen molar-refractivity contribution in [2.45, 2.75) is 32.8 Å². The number of carbonyl (C=O) groups is 3. The van der Waals surface area contributed by atoms with Crippen molar-refractivity contribution in [3.05, 3.63) is 30.1 Å². The van der Waals surface area contributed by atoms with Gasteiger partial charge in [-0.3, -0.25) is 25.2 Å². The third kappa shape index (κ3) is 5.74. The zero-order valence-electron chi connectivity index (χ0n) is 14.2. The van der Waals surface area contributed by atoms with Gasteiger partial charge in [0.15, 0.2) is 17.7 Å². The third-order valence-electron chi connectivity index (χ3n) is 3.93. The number of nitrogens with one attached hydrogen (secondary N) is 3. The van der Waals surface area contributed by atoms with Crippen LogP contribution in [0, 0.1) is 17.7 Å². The van der Waals surface area contributed by atoms with Crippen molar-refractivity contribution in [3.8, 4) is 5.75 Å². The SMILES string of the molecule is CC(Oc1ccccc1F)C(=O)NNC(=O)CCNC(=O)C1CC1C. The van der Waals surface area contributed by atoms with Gasteiger partial charge in [0, 0.05) is 18.9 Å². The van der Waals surface area contributed by atoms with Crippen LogP contribution >= 0.6 is 0 Å². The molecule has 1 saturated carbocycles. The molecule has 0 heterocycles. The number of hydrogen-bond donors (Lipinski definition) is 3. The lowest BCUT2D eigenvalue weighted by molar-refractivity contribution is -0.133. The molecule has 0 spiro atoms. The Balaban J connectivity index is 1.64. The van der Waals surface area contributed by atoms with E-state index in [-0.39, 0.29) is 30.5 Å². The molecular weight excluding hydrogens is 329 g/mol. The van der Waals surface area contributed by atoms with Crippen LogP contribution in [0.25, 0.3) is 0 Å². The van der Waals surface area contributed by atoms with Crippen LogP contribution in [0.4, 0.5) is 4.39 Å². The van der Waals surface area contributed by atoms with E-state index in [2.05, 4.69) is 16.2 Å². The summed E-state index contributed by atoms with van der Waals surface area (Å²) >= 11 is 0. The van der Waals surface area contributed by atoms with E-state index in [0.717, 1.165) is 6.42 Å². The molecule has 0 aromatic heterocycles. The Hall–Kier alpha value is -2.64. The Morgan fingerprint density at radius 1 is 1.28 bits per heavy atom. The van der Waals surface area contributed by atoms with Crippen LogP contribution in [0.1, 0.15) is 26.7 Å². The molecule has 3 atom stereocenters. The second kappa shape index (κ2) is 8.46. The number of halogens is 1. The molecule has 0 saturated heterocycles. The monoisotopic (exact) mass is 351 g/mol. The lowest BCUT2D eigenvalue weighted by atomic mass is 10.3. The van der Waals surface area contributed by atoms with Gasteiger partial charge < -0.3 is 10.1 Å². The molecule has 2 rings (SSSR count). The standard InChI is InChI=1S/C17H22FN3O4/c1-10-9-12(10)17(24)19-8-7-15(22)20-21-16(23)11(2)25-14-6-4-3-5-13(14)18/h3-6,10-12H,7-9H2,1-2H3,(H,19,24)(H,20,22)(H,21,23). The summed E-state index contributed by atoms with van der Waals surface area (Å²) in [5.74, 6) is -1.28. The summed E-state index contributed by atoms with van der Waals surface area (Å²) in [4.78, 5) is 35.1. The predicted octanol–water partition coefficient (Wildman–Crippen LogP) is 0.903. The van der Waals surface area contributed by atoms with Gasteiger partial charge in [-0.2, -0.15) is 0 Å². The number of para-hydroxylation sites is 1. The molecule has 1 aliphatic carbocycles. The molecule has 136 valence electrons. The Labute approximate surface area is 145 Å². The predicted molar refractivity (Wildman–Crippen MR) is 87.7 cm³/mol. The number of ether oxygens (including phenoxy) is 1. The minimum Gasteiger partial charge on any atom is -0.478 e. The van der Waals surface area contributed by atoms with Gasteiger partial charge >= 0.3 is 0 Å². The highest BCUT2D eigenvalue weighted by Crippen LogP contribution is 2.37. The lowest BCUT2D eigenvalue weighted by Crippen LogP contribution is -2.47. The quantitative estimate of drug-likeness (QED) is 0.636. The van der Waals surface area contributed by atoms with Crippen molar-refractivity contribution >= 4 is 17.7 Å². The van der Waals surface area contributed by atoms with E-state index in [0.29, 0.717) is 5.92 Å². The van der Waals surface area contributed by atoms with E-state index in [4.69, 9.17) is 4.74 Å². The van der Waals surface area contributed by atoms with Gasteiger partial charge in [-0.15, -0.1) is 0 Å². The molecule has 3 unspecified atom stereocenters. The molecule has 1 aromatic rings. The first kappa shape index (κ1) is 18.7. The fourth-order valence-corrected chi connectivity index (χ4v) is 2.20. The van der Waals surface area contributed by atoms with Crippen LogP contribution in [0.15, 0.2) is 24.3 Å². The van der Waals surface area contributed by atoms with Crippen LogP contribution in [0.2, 0.25) is 0 Å². The van der Waals surface area contributed by atoms with E-state index in [9.17, 15) is 18.8 Å². The van der Waals surface area contributed by atoms with Crippen LogP contribution < -0.4 is 20.9 Å². The molecule has 25 heavy (non-hydrogen) atoms. The molecule has 3 amide bonds. The maximum Gasteiger partial charge on any atom is 0.279 e. The first-order valence-corrected chi connectivity index (χ1v) is 8.16. The number of carbonyl (C=O) groups excluding carboxylic acids is 3. The van der Waals surface area contributed by atoms with Crippen molar-refractivity contribution in [1.29, 1.82) is 0 Å². The first-order chi connectivity index (χ1) is 11.9. The lowest BCUT2D eigenvalue weighted by Gasteiger charge is -2.15. The van der Waals surface area contributed by atoms with Gasteiger partial charge in [0.1, 0.15) is 0 Å². The fourth-order valence-electron chi connectivity index (χ4n) is 2.20. The van der Waals surface area contributed by atoms with E-state index >= 15 is 0 Å². The summed E-state index contributed by atoms with van der Waals surface area (Å²) < 4.78 is 18.7. The second-order valence-corrected chi connectivity index (χ2v) is 6.09. The summed E-state index contributed by atoms with van der Waals surface area (Å²) in [6.07, 6.45) is -0.0721. The Morgan fingerprint density at radius 3 is 2.60 bits per heavy atom. The van der Waals surface area contributed by atoms with Gasteiger partial charge in [-0.25, -0.2) is 4.39 Å². The first-order valence-electron chi connectivity index (χ1n) is 8.16. The van der Waals surface area contributed by atoms with Crippen LogP contribution in [-0.2, 0) is 14.4 Å². The highest BCUT2D eigenvalue weighted by Gasteiger charge is 2.38. The van der Waals surface area contributed by atoms with Crippen molar-refractivity contribution in [2.75, 3.05) is 6.54 Å². The molecular formula is C17H22FN3O4. The molecule has 7 nitrogen and oxygen atoms in total. The van der Waals surface area contributed by atoms with Gasteiger partial charge in [0.05, 0.1) is 0 Å². The number of hydrogen-bond acceptors (Lipinski definition) is 4. The molecule has 0 aliphatic heterocycles. The van der Waals surface area contributed by atoms with E-state index < -0.39 is 23.7 Å². The molecule has 1 fully saturated rings. The van der Waals surface area contributed by atoms with Crippen LogP contribution in [0.3, 0.4) is 0 Å². The van der Waals surface area contributed by atoms with Crippen molar-refractivity contribution in [1.82, 2.24) is 16.2 Å². The molecule has 8 heteroatoms. The molecule has 1 aliphatic rings. The van der Waals surface area contributed by atoms with E-state index in [1.165, 1.54) is 25.1 Å². The highest BCUT2D eigenvalue weighted by molar-refractivity contribution is 5.85. The normalized spacial score (nSPS) is 19.5. The third-order valence-corrected chi connectivity index (χ3v) is 3.93. The van der Waals surface area contributed by atoms with E-state index in [1.54, 1.807) is 6.07 Å². The minimum atomic E-state index is -0.992. The second-order valence-electron chi connectivity index (χ2n) is 6.09. The summed E-state index contributed by atoms with van der Waals surface area (Å²) in [6, 6.07) is 5.72. The largest absolute Gasteiger partial charge is 0.478 e. The van der Waals surface area contributed by atoms with Crippen LogP contribution in [0.5, 0.6) is 5.75 Å². The average molecular weight is 351 g/mol. The smallest absolute Gasteiger partial charge is 0.279 e. The zero-order chi connectivity index (χ0) is 18.4. The number of benzene rings is 1. The Morgan fingerprint density at radius 2 is 1.96 bits per heavy atom. The average Bonchev–Trinajstić information content (AvgIpc) is 3.31.